The number of nitrogens with one attached hydrogen (secondary N) is 2. The molecular weight excluding hydrogens is 446 g/mol. The molecule has 2 heterocycles. The number of aromatic amines is 1. The number of nitrogens with zero attached hydrogens (tertiary/aromatic N) is 3. The number of aromatic nitrogens is 4. The minimum absolute atomic E-state index is 0.391. The van der Waals surface area contributed by atoms with Gasteiger partial charge in [-0.3, -0.25) is 4.98 Å². The predicted molar refractivity (Wildman–Crippen MR) is 127 cm³/mol. The first-order valence-corrected chi connectivity index (χ1v) is 10.9. The number of H-pyrrole nitrogens is 1. The quantitative estimate of drug-likeness (QED) is 0.322. The average Bonchev–Trinajstić information content (AvgIpc) is 3.19. The predicted octanol–water partition coefficient (Wildman–Crippen LogP) is 5.38. The molecule has 4 aromatic rings. The monoisotopic (exact) mass is 467 g/mol. The Hall–Kier alpha value is -3.36. The molecule has 0 aliphatic carbocycles. The molecule has 0 bridgehead atoms. The van der Waals surface area contributed by atoms with Crippen LogP contribution in [0.1, 0.15) is 18.1 Å². The van der Waals surface area contributed by atoms with Crippen LogP contribution in [-0.2, 0) is 13.2 Å². The van der Waals surface area contributed by atoms with Crippen LogP contribution in [0.5, 0.6) is 11.5 Å². The molecule has 2 N–H and O–H groups in total. The van der Waals surface area contributed by atoms with Crippen LogP contribution in [-0.4, -0.2) is 26.5 Å². The fourth-order valence-electron chi connectivity index (χ4n) is 3.17. The Morgan fingerprint density at radius 1 is 1.06 bits per heavy atom. The third-order valence-electron chi connectivity index (χ3n) is 4.70. The molecule has 0 aliphatic heterocycles. The van der Waals surface area contributed by atoms with Crippen molar-refractivity contribution < 1.29 is 9.47 Å². The van der Waals surface area contributed by atoms with E-state index in [1.165, 1.54) is 0 Å². The first-order valence-electron chi connectivity index (χ1n) is 10.1. The summed E-state index contributed by atoms with van der Waals surface area (Å²) in [6.07, 6.45) is 3.43. The Bertz CT molecular complexity index is 1230. The van der Waals surface area contributed by atoms with Crippen LogP contribution >= 0.6 is 23.8 Å². The van der Waals surface area contributed by atoms with E-state index in [2.05, 4.69) is 20.6 Å². The minimum Gasteiger partial charge on any atom is -0.490 e. The first-order chi connectivity index (χ1) is 15.7. The van der Waals surface area contributed by atoms with Gasteiger partial charge in [-0.05, 0) is 55.0 Å². The second kappa shape index (κ2) is 10.3. The Balaban J connectivity index is 1.58. The molecule has 0 atom stereocenters. The summed E-state index contributed by atoms with van der Waals surface area (Å²) in [6.45, 7) is 3.32. The molecule has 0 unspecified atom stereocenters. The maximum absolute atomic E-state index is 6.19. The van der Waals surface area contributed by atoms with Crippen LogP contribution in [0.4, 0.5) is 0 Å². The molecule has 0 saturated carbocycles. The van der Waals surface area contributed by atoms with E-state index in [0.717, 1.165) is 16.7 Å². The van der Waals surface area contributed by atoms with Gasteiger partial charge in [0.15, 0.2) is 17.3 Å². The van der Waals surface area contributed by atoms with Crippen molar-refractivity contribution in [3.05, 3.63) is 87.9 Å². The summed E-state index contributed by atoms with van der Waals surface area (Å²) in [4.78, 5) is 4.06. The van der Waals surface area contributed by atoms with Crippen molar-refractivity contribution in [2.75, 3.05) is 12.0 Å². The van der Waals surface area contributed by atoms with Gasteiger partial charge < -0.3 is 14.9 Å². The number of para-hydroxylation sites is 1. The van der Waals surface area contributed by atoms with Crippen molar-refractivity contribution in [2.45, 2.75) is 20.1 Å². The number of ether oxygens (including phenoxy) is 2. The van der Waals surface area contributed by atoms with Crippen LogP contribution in [0.2, 0.25) is 5.02 Å². The normalized spacial score (nSPS) is 10.7. The Morgan fingerprint density at radius 3 is 2.59 bits per heavy atom. The summed E-state index contributed by atoms with van der Waals surface area (Å²) in [5, 5.41) is 7.87. The van der Waals surface area contributed by atoms with E-state index in [0.29, 0.717) is 46.9 Å². The number of hydrogen-bond donors (Lipinski definition) is 2. The molecule has 0 spiro atoms. The minimum atomic E-state index is 0.391. The highest BCUT2D eigenvalue weighted by Gasteiger charge is 2.14. The van der Waals surface area contributed by atoms with Crippen LogP contribution in [0, 0.1) is 4.77 Å². The van der Waals surface area contributed by atoms with E-state index < -0.39 is 0 Å². The largest absolute Gasteiger partial charge is 0.490 e. The van der Waals surface area contributed by atoms with Gasteiger partial charge in [0.25, 0.3) is 0 Å². The maximum atomic E-state index is 6.19. The van der Waals surface area contributed by atoms with Crippen molar-refractivity contribution in [1.29, 1.82) is 0 Å². The van der Waals surface area contributed by atoms with Crippen LogP contribution < -0.4 is 14.9 Å². The smallest absolute Gasteiger partial charge is 0.214 e. The molecule has 0 radical (unpaired) electrons. The molecule has 9 heteroatoms. The molecule has 2 aromatic carbocycles. The Labute approximate surface area is 196 Å². The summed E-state index contributed by atoms with van der Waals surface area (Å²) in [5.74, 6) is 2.03. The zero-order chi connectivity index (χ0) is 22.3. The molecule has 0 saturated heterocycles. The summed E-state index contributed by atoms with van der Waals surface area (Å²) < 4.78 is 14.2. The molecule has 4 rings (SSSR count). The summed E-state index contributed by atoms with van der Waals surface area (Å²) in [7, 11) is 0. The lowest BCUT2D eigenvalue weighted by Gasteiger charge is -2.17. The van der Waals surface area contributed by atoms with Gasteiger partial charge in [-0.15, -0.1) is 0 Å². The van der Waals surface area contributed by atoms with Crippen molar-refractivity contribution >= 4 is 23.8 Å². The van der Waals surface area contributed by atoms with Gasteiger partial charge in [-0.25, -0.2) is 9.77 Å². The third-order valence-corrected chi connectivity index (χ3v) is 5.22. The topological polar surface area (TPSA) is 77.0 Å². The number of rotatable bonds is 9. The number of pyridine rings is 1. The van der Waals surface area contributed by atoms with Crippen LogP contribution in [0.25, 0.3) is 11.4 Å². The molecule has 0 aliphatic rings. The van der Waals surface area contributed by atoms with Gasteiger partial charge >= 0.3 is 0 Å². The second-order valence-corrected chi connectivity index (χ2v) is 7.67. The highest BCUT2D eigenvalue weighted by molar-refractivity contribution is 7.71. The molecular formula is C23H22ClN5O2S. The fraction of sp³-hybridized carbons (Fsp3) is 0.174. The van der Waals surface area contributed by atoms with Crippen LogP contribution in [0.3, 0.4) is 0 Å². The summed E-state index contributed by atoms with van der Waals surface area (Å²) in [6, 6.07) is 17.1. The van der Waals surface area contributed by atoms with E-state index in [1.54, 1.807) is 17.1 Å². The van der Waals surface area contributed by atoms with Gasteiger partial charge in [0, 0.05) is 28.5 Å². The standard InChI is InChI=1S/C23H22ClN5O2S/c1-2-30-20-5-3-4-18(21(20)31-15-16-6-8-19(24)9-7-16)14-26-29-22(27-28-23(29)32)17-10-12-25-13-11-17/h3-13,26H,2,14-15H2,1H3,(H,28,32). The second-order valence-electron chi connectivity index (χ2n) is 6.85. The Morgan fingerprint density at radius 2 is 1.84 bits per heavy atom. The highest BCUT2D eigenvalue weighted by atomic mass is 35.5. The zero-order valence-corrected chi connectivity index (χ0v) is 19.0. The Kier molecular flexibility index (Phi) is 7.03. The van der Waals surface area contributed by atoms with E-state index in [9.17, 15) is 0 Å². The summed E-state index contributed by atoms with van der Waals surface area (Å²) in [5.41, 5.74) is 6.16. The number of benzene rings is 2. The molecule has 2 aromatic heterocycles. The summed E-state index contributed by atoms with van der Waals surface area (Å²) >= 11 is 11.4. The number of halogens is 1. The van der Waals surface area contributed by atoms with E-state index in [4.69, 9.17) is 33.3 Å². The van der Waals surface area contributed by atoms with Crippen molar-refractivity contribution in [2.24, 2.45) is 0 Å². The molecule has 0 fully saturated rings. The fourth-order valence-corrected chi connectivity index (χ4v) is 3.49. The lowest BCUT2D eigenvalue weighted by atomic mass is 10.2. The molecule has 7 nitrogen and oxygen atoms in total. The average molecular weight is 468 g/mol. The van der Waals surface area contributed by atoms with E-state index in [-0.39, 0.29) is 0 Å². The molecule has 32 heavy (non-hydrogen) atoms. The van der Waals surface area contributed by atoms with Gasteiger partial charge in [-0.1, -0.05) is 35.9 Å². The lowest BCUT2D eigenvalue weighted by Crippen LogP contribution is -2.17. The molecule has 164 valence electrons. The third kappa shape index (κ3) is 5.09. The van der Waals surface area contributed by atoms with E-state index >= 15 is 0 Å². The zero-order valence-electron chi connectivity index (χ0n) is 17.4. The van der Waals surface area contributed by atoms with E-state index in [1.807, 2.05) is 61.5 Å². The van der Waals surface area contributed by atoms with Gasteiger partial charge in [0.05, 0.1) is 13.2 Å². The number of hydrogen-bond acceptors (Lipinski definition) is 6. The van der Waals surface area contributed by atoms with Crippen molar-refractivity contribution in [3.8, 4) is 22.9 Å². The van der Waals surface area contributed by atoms with Crippen LogP contribution in [0.15, 0.2) is 67.0 Å². The SMILES string of the molecule is CCOc1cccc(CNn2c(-c3ccncc3)n[nH]c2=S)c1OCc1ccc(Cl)cc1. The first kappa shape index (κ1) is 21.9. The lowest BCUT2D eigenvalue weighted by molar-refractivity contribution is 0.267. The highest BCUT2D eigenvalue weighted by Crippen LogP contribution is 2.32. The van der Waals surface area contributed by atoms with Gasteiger partial charge in [0.1, 0.15) is 6.61 Å². The van der Waals surface area contributed by atoms with Crippen molar-refractivity contribution in [1.82, 2.24) is 19.9 Å². The van der Waals surface area contributed by atoms with Gasteiger partial charge in [-0.2, -0.15) is 5.10 Å². The van der Waals surface area contributed by atoms with Crippen molar-refractivity contribution in [3.63, 3.8) is 0 Å². The molecule has 0 amide bonds. The maximum Gasteiger partial charge on any atom is 0.214 e. The van der Waals surface area contributed by atoms with Gasteiger partial charge in [0.2, 0.25) is 4.77 Å².